The molecule has 1 unspecified atom stereocenters. The van der Waals surface area contributed by atoms with Crippen LogP contribution in [0.5, 0.6) is 0 Å². The van der Waals surface area contributed by atoms with Crippen LogP contribution in [0.1, 0.15) is 19.2 Å². The molecule has 1 rings (SSSR count). The normalized spacial score (nSPS) is 12.8. The van der Waals surface area contributed by atoms with E-state index in [1.165, 1.54) is 0 Å². The van der Waals surface area contributed by atoms with E-state index < -0.39 is 0 Å². The van der Waals surface area contributed by atoms with Crippen molar-refractivity contribution in [3.8, 4) is 0 Å². The van der Waals surface area contributed by atoms with Gasteiger partial charge in [0.15, 0.2) is 0 Å². The quantitative estimate of drug-likeness (QED) is 0.877. The van der Waals surface area contributed by atoms with Crippen molar-refractivity contribution in [3.63, 3.8) is 0 Å². The van der Waals surface area contributed by atoms with E-state index in [0.29, 0.717) is 6.04 Å². The van der Waals surface area contributed by atoms with Crippen LogP contribution < -0.4 is 5.32 Å². The van der Waals surface area contributed by atoms with Crippen LogP contribution in [0.25, 0.3) is 0 Å². The number of likely N-dealkylation sites (N-methyl/N-ethyl adjacent to an activating group) is 1. The van der Waals surface area contributed by atoms with Crippen molar-refractivity contribution in [2.45, 2.75) is 25.8 Å². The molecule has 1 aromatic heterocycles. The van der Waals surface area contributed by atoms with Crippen molar-refractivity contribution < 1.29 is 0 Å². The lowest BCUT2D eigenvalue weighted by Crippen LogP contribution is -2.27. The van der Waals surface area contributed by atoms with Gasteiger partial charge in [0, 0.05) is 24.9 Å². The largest absolute Gasteiger partial charge is 0.317 e. The molecule has 0 aliphatic rings. The second-order valence-corrected chi connectivity index (χ2v) is 3.83. The maximum absolute atomic E-state index is 4.22. The molecule has 1 N–H and O–H groups in total. The SMILES string of the molecule is CCC(Cc1ncc(Br)cn1)NC. The fourth-order valence-electron chi connectivity index (χ4n) is 1.12. The molecule has 0 spiro atoms. The predicted octanol–water partition coefficient (Wildman–Crippen LogP) is 1.78. The van der Waals surface area contributed by atoms with Crippen LogP contribution in [-0.4, -0.2) is 23.1 Å². The Bertz CT molecular complexity index is 244. The van der Waals surface area contributed by atoms with E-state index in [-0.39, 0.29) is 0 Å². The number of halogens is 1. The Morgan fingerprint density at radius 1 is 1.46 bits per heavy atom. The summed E-state index contributed by atoms with van der Waals surface area (Å²) >= 11 is 3.31. The van der Waals surface area contributed by atoms with Crippen LogP contribution in [0, 0.1) is 0 Å². The summed E-state index contributed by atoms with van der Waals surface area (Å²) in [6.07, 6.45) is 5.55. The zero-order valence-corrected chi connectivity index (χ0v) is 9.50. The first-order valence-corrected chi connectivity index (χ1v) is 5.19. The molecule has 0 radical (unpaired) electrons. The van der Waals surface area contributed by atoms with E-state index in [2.05, 4.69) is 38.1 Å². The van der Waals surface area contributed by atoms with Gasteiger partial charge in [-0.05, 0) is 29.4 Å². The molecule has 72 valence electrons. The molecule has 0 bridgehead atoms. The Labute approximate surface area is 87.1 Å². The van der Waals surface area contributed by atoms with Gasteiger partial charge in [-0.25, -0.2) is 9.97 Å². The van der Waals surface area contributed by atoms with E-state index in [0.717, 1.165) is 23.1 Å². The highest BCUT2D eigenvalue weighted by Gasteiger charge is 2.05. The fourth-order valence-corrected chi connectivity index (χ4v) is 1.32. The van der Waals surface area contributed by atoms with Crippen LogP contribution in [0.15, 0.2) is 16.9 Å². The van der Waals surface area contributed by atoms with Crippen molar-refractivity contribution in [2.75, 3.05) is 7.05 Å². The molecule has 0 saturated carbocycles. The lowest BCUT2D eigenvalue weighted by Gasteiger charge is -2.11. The van der Waals surface area contributed by atoms with Crippen molar-refractivity contribution in [2.24, 2.45) is 0 Å². The summed E-state index contributed by atoms with van der Waals surface area (Å²) < 4.78 is 0.925. The molecule has 1 heterocycles. The molecule has 0 amide bonds. The molecule has 0 saturated heterocycles. The van der Waals surface area contributed by atoms with Crippen molar-refractivity contribution in [3.05, 3.63) is 22.7 Å². The summed E-state index contributed by atoms with van der Waals surface area (Å²) in [5.41, 5.74) is 0. The Morgan fingerprint density at radius 3 is 2.54 bits per heavy atom. The summed E-state index contributed by atoms with van der Waals surface area (Å²) in [7, 11) is 1.97. The third-order valence-corrected chi connectivity index (χ3v) is 2.41. The van der Waals surface area contributed by atoms with Gasteiger partial charge in [0.2, 0.25) is 0 Å². The maximum atomic E-state index is 4.22. The summed E-state index contributed by atoms with van der Waals surface area (Å²) in [4.78, 5) is 8.43. The highest BCUT2D eigenvalue weighted by Crippen LogP contribution is 2.06. The van der Waals surface area contributed by atoms with Gasteiger partial charge in [0.05, 0.1) is 4.47 Å². The van der Waals surface area contributed by atoms with Gasteiger partial charge < -0.3 is 5.32 Å². The van der Waals surface area contributed by atoms with Crippen LogP contribution in [0.4, 0.5) is 0 Å². The number of aromatic nitrogens is 2. The predicted molar refractivity (Wildman–Crippen MR) is 56.6 cm³/mol. The van der Waals surface area contributed by atoms with E-state index >= 15 is 0 Å². The number of rotatable bonds is 4. The highest BCUT2D eigenvalue weighted by molar-refractivity contribution is 9.10. The Morgan fingerprint density at radius 2 is 2.08 bits per heavy atom. The first kappa shape index (κ1) is 10.6. The molecule has 0 aliphatic heterocycles. The molecular formula is C9H14BrN3. The third-order valence-electron chi connectivity index (χ3n) is 2.00. The lowest BCUT2D eigenvalue weighted by molar-refractivity contribution is 0.530. The molecule has 0 aliphatic carbocycles. The fraction of sp³-hybridized carbons (Fsp3) is 0.556. The van der Waals surface area contributed by atoms with Crippen LogP contribution >= 0.6 is 15.9 Å². The monoisotopic (exact) mass is 243 g/mol. The summed E-state index contributed by atoms with van der Waals surface area (Å²) in [5.74, 6) is 0.893. The summed E-state index contributed by atoms with van der Waals surface area (Å²) in [6.45, 7) is 2.15. The zero-order chi connectivity index (χ0) is 9.68. The molecule has 3 nitrogen and oxygen atoms in total. The van der Waals surface area contributed by atoms with Gasteiger partial charge >= 0.3 is 0 Å². The molecule has 1 aromatic rings. The Hall–Kier alpha value is -0.480. The second kappa shape index (κ2) is 5.29. The minimum Gasteiger partial charge on any atom is -0.317 e. The topological polar surface area (TPSA) is 37.8 Å². The molecular weight excluding hydrogens is 230 g/mol. The minimum atomic E-state index is 0.473. The van der Waals surface area contributed by atoms with E-state index in [1.807, 2.05) is 7.05 Å². The van der Waals surface area contributed by atoms with Crippen LogP contribution in [0.2, 0.25) is 0 Å². The highest BCUT2D eigenvalue weighted by atomic mass is 79.9. The number of hydrogen-bond acceptors (Lipinski definition) is 3. The minimum absolute atomic E-state index is 0.473. The lowest BCUT2D eigenvalue weighted by atomic mass is 10.1. The van der Waals surface area contributed by atoms with Crippen molar-refractivity contribution in [1.82, 2.24) is 15.3 Å². The van der Waals surface area contributed by atoms with Crippen LogP contribution in [0.3, 0.4) is 0 Å². The zero-order valence-electron chi connectivity index (χ0n) is 7.92. The first-order chi connectivity index (χ1) is 6.26. The van der Waals surface area contributed by atoms with Crippen LogP contribution in [-0.2, 0) is 6.42 Å². The van der Waals surface area contributed by atoms with Gasteiger partial charge in [-0.1, -0.05) is 6.92 Å². The number of nitrogens with one attached hydrogen (secondary N) is 1. The molecule has 0 aromatic carbocycles. The smallest absolute Gasteiger partial charge is 0.129 e. The summed E-state index contributed by atoms with van der Waals surface area (Å²) in [5, 5.41) is 3.22. The number of nitrogens with zero attached hydrogens (tertiary/aromatic N) is 2. The Balaban J connectivity index is 2.58. The van der Waals surface area contributed by atoms with Gasteiger partial charge in [0.25, 0.3) is 0 Å². The van der Waals surface area contributed by atoms with Gasteiger partial charge in [0.1, 0.15) is 5.82 Å². The van der Waals surface area contributed by atoms with E-state index in [4.69, 9.17) is 0 Å². The van der Waals surface area contributed by atoms with E-state index in [9.17, 15) is 0 Å². The molecule has 4 heteroatoms. The Kier molecular flexibility index (Phi) is 4.32. The van der Waals surface area contributed by atoms with Gasteiger partial charge in [-0.15, -0.1) is 0 Å². The standard InChI is InChI=1S/C9H14BrN3/c1-3-8(11-2)4-9-12-5-7(10)6-13-9/h5-6,8,11H,3-4H2,1-2H3. The third kappa shape index (κ3) is 3.40. The maximum Gasteiger partial charge on any atom is 0.129 e. The summed E-state index contributed by atoms with van der Waals surface area (Å²) in [6, 6.07) is 0.473. The number of hydrogen-bond donors (Lipinski definition) is 1. The average molecular weight is 244 g/mol. The second-order valence-electron chi connectivity index (χ2n) is 2.92. The van der Waals surface area contributed by atoms with Crippen molar-refractivity contribution >= 4 is 15.9 Å². The van der Waals surface area contributed by atoms with Crippen molar-refractivity contribution in [1.29, 1.82) is 0 Å². The average Bonchev–Trinajstić information content (AvgIpc) is 2.17. The first-order valence-electron chi connectivity index (χ1n) is 4.40. The van der Waals surface area contributed by atoms with Gasteiger partial charge in [-0.2, -0.15) is 0 Å². The van der Waals surface area contributed by atoms with Gasteiger partial charge in [-0.3, -0.25) is 0 Å². The molecule has 13 heavy (non-hydrogen) atoms. The molecule has 0 fully saturated rings. The van der Waals surface area contributed by atoms with E-state index in [1.54, 1.807) is 12.4 Å². The molecule has 1 atom stereocenters.